The van der Waals surface area contributed by atoms with E-state index >= 15 is 0 Å². The van der Waals surface area contributed by atoms with Gasteiger partial charge in [0.2, 0.25) is 0 Å². The fraction of sp³-hybridized carbons (Fsp3) is 0.412. The van der Waals surface area contributed by atoms with Gasteiger partial charge in [-0.25, -0.2) is 4.79 Å². The quantitative estimate of drug-likeness (QED) is 0.717. The normalized spacial score (nSPS) is 26.6. The molecule has 0 saturated carbocycles. The number of ether oxygens (including phenoxy) is 1. The number of aliphatic hydroxyl groups excluding tert-OH is 2. The molecule has 0 spiro atoms. The van der Waals surface area contributed by atoms with Gasteiger partial charge in [0.1, 0.15) is 12.3 Å². The van der Waals surface area contributed by atoms with Gasteiger partial charge in [0.05, 0.1) is 12.7 Å². The van der Waals surface area contributed by atoms with Crippen LogP contribution < -0.4 is 11.2 Å². The number of aliphatic hydroxyl groups is 2. The molecule has 1 aromatic heterocycles. The van der Waals surface area contributed by atoms with E-state index in [0.29, 0.717) is 12.8 Å². The van der Waals surface area contributed by atoms with E-state index in [1.165, 1.54) is 16.8 Å². The lowest BCUT2D eigenvalue weighted by molar-refractivity contribution is -0.0483. The number of rotatable bonds is 5. The van der Waals surface area contributed by atoms with Crippen molar-refractivity contribution >= 4 is 0 Å². The number of aromatic nitrogens is 2. The highest BCUT2D eigenvalue weighted by molar-refractivity contribution is 5.15. The smallest absolute Gasteiger partial charge is 0.330 e. The average molecular weight is 332 g/mol. The third-order valence-electron chi connectivity index (χ3n) is 4.41. The van der Waals surface area contributed by atoms with Gasteiger partial charge in [-0.05, 0) is 18.4 Å². The second-order valence-electron chi connectivity index (χ2n) is 5.94. The van der Waals surface area contributed by atoms with Gasteiger partial charge >= 0.3 is 5.69 Å². The molecule has 128 valence electrons. The van der Waals surface area contributed by atoms with Crippen LogP contribution in [0.5, 0.6) is 0 Å². The summed E-state index contributed by atoms with van der Waals surface area (Å²) < 4.78 is 6.93. The molecule has 3 rings (SSSR count). The third kappa shape index (κ3) is 3.33. The number of aryl methyl sites for hydroxylation is 1. The maximum atomic E-state index is 12.0. The van der Waals surface area contributed by atoms with Crippen molar-refractivity contribution in [2.45, 2.75) is 31.3 Å². The number of nitrogens with one attached hydrogen (secondary N) is 1. The molecule has 2 aromatic rings. The molecule has 0 aliphatic carbocycles. The first kappa shape index (κ1) is 16.6. The minimum atomic E-state index is -0.887. The minimum Gasteiger partial charge on any atom is -0.394 e. The van der Waals surface area contributed by atoms with Crippen molar-refractivity contribution in [1.29, 1.82) is 0 Å². The number of hydrogen-bond acceptors (Lipinski definition) is 5. The first-order valence-electron chi connectivity index (χ1n) is 7.90. The van der Waals surface area contributed by atoms with Crippen LogP contribution in [0.4, 0.5) is 0 Å². The van der Waals surface area contributed by atoms with Crippen LogP contribution in [-0.4, -0.2) is 38.6 Å². The first-order valence-corrected chi connectivity index (χ1v) is 7.90. The third-order valence-corrected chi connectivity index (χ3v) is 4.41. The van der Waals surface area contributed by atoms with E-state index in [2.05, 4.69) is 4.98 Å². The topological polar surface area (TPSA) is 105 Å². The standard InChI is InChI=1S/C17H20N2O5/c20-10-13-15(22)12(7-6-11-4-2-1-3-5-11)16(24-13)19-9-8-14(21)18-17(19)23/h1-5,8-9,12-13,15-16,20,22H,6-7,10H2,(H,18,21,23)/t12?,13-,15+,16-/m1/s1. The van der Waals surface area contributed by atoms with Crippen LogP contribution in [0.15, 0.2) is 52.2 Å². The van der Waals surface area contributed by atoms with Crippen molar-refractivity contribution in [3.8, 4) is 0 Å². The lowest BCUT2D eigenvalue weighted by atomic mass is 9.92. The second-order valence-corrected chi connectivity index (χ2v) is 5.94. The van der Waals surface area contributed by atoms with E-state index in [-0.39, 0.29) is 12.5 Å². The highest BCUT2D eigenvalue weighted by atomic mass is 16.5. The van der Waals surface area contributed by atoms with Gasteiger partial charge in [-0.3, -0.25) is 14.3 Å². The van der Waals surface area contributed by atoms with Crippen LogP contribution >= 0.6 is 0 Å². The van der Waals surface area contributed by atoms with E-state index < -0.39 is 29.7 Å². The molecule has 0 radical (unpaired) electrons. The van der Waals surface area contributed by atoms with E-state index in [1.54, 1.807) is 0 Å². The molecular formula is C17H20N2O5. The molecule has 1 unspecified atom stereocenters. The van der Waals surface area contributed by atoms with Gasteiger partial charge in [-0.1, -0.05) is 30.3 Å². The highest BCUT2D eigenvalue weighted by Gasteiger charge is 2.44. The molecule has 7 nitrogen and oxygen atoms in total. The van der Waals surface area contributed by atoms with Crippen LogP contribution in [0.1, 0.15) is 18.2 Å². The van der Waals surface area contributed by atoms with E-state index in [1.807, 2.05) is 30.3 Å². The zero-order valence-corrected chi connectivity index (χ0v) is 13.0. The molecule has 1 aromatic carbocycles. The molecule has 4 atom stereocenters. The average Bonchev–Trinajstić information content (AvgIpc) is 2.90. The Labute approximate surface area is 138 Å². The zero-order valence-electron chi connectivity index (χ0n) is 13.0. The Morgan fingerprint density at radius 3 is 2.58 bits per heavy atom. The Kier molecular flexibility index (Phi) is 4.94. The lowest BCUT2D eigenvalue weighted by Gasteiger charge is -2.21. The maximum Gasteiger partial charge on any atom is 0.330 e. The van der Waals surface area contributed by atoms with Crippen molar-refractivity contribution in [2.24, 2.45) is 5.92 Å². The number of aromatic amines is 1. The van der Waals surface area contributed by atoms with Crippen LogP contribution in [-0.2, 0) is 11.2 Å². The molecule has 1 fully saturated rings. The monoisotopic (exact) mass is 332 g/mol. The van der Waals surface area contributed by atoms with Gasteiger partial charge in [-0.2, -0.15) is 0 Å². The molecule has 1 aliphatic rings. The molecular weight excluding hydrogens is 312 g/mol. The molecule has 0 amide bonds. The fourth-order valence-corrected chi connectivity index (χ4v) is 3.15. The Morgan fingerprint density at radius 1 is 1.17 bits per heavy atom. The summed E-state index contributed by atoms with van der Waals surface area (Å²) in [5, 5.41) is 19.8. The van der Waals surface area contributed by atoms with Crippen molar-refractivity contribution in [3.63, 3.8) is 0 Å². The largest absolute Gasteiger partial charge is 0.394 e. The maximum absolute atomic E-state index is 12.0. The highest BCUT2D eigenvalue weighted by Crippen LogP contribution is 2.36. The zero-order chi connectivity index (χ0) is 17.1. The summed E-state index contributed by atoms with van der Waals surface area (Å²) in [6.45, 7) is -0.336. The van der Waals surface area contributed by atoms with Crippen molar-refractivity contribution < 1.29 is 14.9 Å². The molecule has 1 saturated heterocycles. The Bertz CT molecular complexity index is 785. The summed E-state index contributed by atoms with van der Waals surface area (Å²) in [6, 6.07) is 11.0. The predicted molar refractivity (Wildman–Crippen MR) is 86.6 cm³/mol. The Morgan fingerprint density at radius 2 is 1.92 bits per heavy atom. The van der Waals surface area contributed by atoms with Crippen molar-refractivity contribution in [3.05, 3.63) is 69.0 Å². The molecule has 0 bridgehead atoms. The van der Waals surface area contributed by atoms with Gasteiger partial charge < -0.3 is 14.9 Å². The molecule has 1 aliphatic heterocycles. The first-order chi connectivity index (χ1) is 11.6. The van der Waals surface area contributed by atoms with Crippen LogP contribution in [0, 0.1) is 5.92 Å². The van der Waals surface area contributed by atoms with Crippen molar-refractivity contribution in [2.75, 3.05) is 6.61 Å². The SMILES string of the molecule is O=c1ccn([C@@H]2O[C@H](CO)[C@@H](O)C2CCc2ccccc2)c(=O)[nH]1. The molecule has 7 heteroatoms. The van der Waals surface area contributed by atoms with Gasteiger partial charge in [0, 0.05) is 18.2 Å². The Hall–Kier alpha value is -2.22. The number of H-pyrrole nitrogens is 1. The van der Waals surface area contributed by atoms with E-state index in [4.69, 9.17) is 4.74 Å². The summed E-state index contributed by atoms with van der Waals surface area (Å²) in [7, 11) is 0. The van der Waals surface area contributed by atoms with Gasteiger partial charge in [0.15, 0.2) is 0 Å². The number of hydrogen-bond donors (Lipinski definition) is 3. The Balaban J connectivity index is 1.85. The fourth-order valence-electron chi connectivity index (χ4n) is 3.15. The van der Waals surface area contributed by atoms with Crippen LogP contribution in [0.3, 0.4) is 0 Å². The second kappa shape index (κ2) is 7.12. The summed E-state index contributed by atoms with van der Waals surface area (Å²) in [5.74, 6) is -0.369. The van der Waals surface area contributed by atoms with Gasteiger partial charge in [0.25, 0.3) is 5.56 Å². The van der Waals surface area contributed by atoms with Crippen LogP contribution in [0.2, 0.25) is 0 Å². The minimum absolute atomic E-state index is 0.336. The molecule has 2 heterocycles. The summed E-state index contributed by atoms with van der Waals surface area (Å²) in [5.41, 5.74) is 0.0297. The summed E-state index contributed by atoms with van der Waals surface area (Å²) >= 11 is 0. The predicted octanol–water partition coefficient (Wildman–Crippen LogP) is 0.0362. The number of nitrogens with zero attached hydrogens (tertiary/aromatic N) is 1. The lowest BCUT2D eigenvalue weighted by Crippen LogP contribution is -2.35. The van der Waals surface area contributed by atoms with Crippen molar-refractivity contribution in [1.82, 2.24) is 9.55 Å². The molecule has 3 N–H and O–H groups in total. The van der Waals surface area contributed by atoms with E-state index in [9.17, 15) is 19.8 Å². The van der Waals surface area contributed by atoms with Gasteiger partial charge in [-0.15, -0.1) is 0 Å². The molecule has 24 heavy (non-hydrogen) atoms. The van der Waals surface area contributed by atoms with Crippen LogP contribution in [0.25, 0.3) is 0 Å². The van der Waals surface area contributed by atoms with E-state index in [0.717, 1.165) is 5.56 Å². The summed E-state index contributed by atoms with van der Waals surface area (Å²) in [4.78, 5) is 25.5. The summed E-state index contributed by atoms with van der Waals surface area (Å²) in [6.07, 6.45) is 0.270. The number of benzene rings is 1.